The maximum Gasteiger partial charge on any atom is 0.255 e. The van der Waals surface area contributed by atoms with Crippen molar-refractivity contribution in [2.75, 3.05) is 12.3 Å². The Labute approximate surface area is 195 Å². The van der Waals surface area contributed by atoms with Crippen LogP contribution >= 0.6 is 11.8 Å². The number of unbranched alkanes of at least 4 members (excludes halogenated alkanes) is 3. The summed E-state index contributed by atoms with van der Waals surface area (Å²) < 4.78 is 0. The Kier molecular flexibility index (Phi) is 8.25. The van der Waals surface area contributed by atoms with Crippen LogP contribution < -0.4 is 10.6 Å². The molecule has 7 heteroatoms. The Hall–Kier alpha value is -1.86. The van der Waals surface area contributed by atoms with Gasteiger partial charge in [0.1, 0.15) is 6.04 Å². The van der Waals surface area contributed by atoms with E-state index in [2.05, 4.69) is 16.7 Å². The number of hydrogen-bond donors (Lipinski definition) is 2. The van der Waals surface area contributed by atoms with Crippen LogP contribution in [-0.4, -0.2) is 47.0 Å². The van der Waals surface area contributed by atoms with E-state index in [1.165, 1.54) is 57.8 Å². The van der Waals surface area contributed by atoms with E-state index in [1.807, 2.05) is 23.9 Å². The zero-order valence-corrected chi connectivity index (χ0v) is 19.7. The second kappa shape index (κ2) is 11.3. The fraction of sp³-hybridized carbons (Fsp3) is 0.640. The van der Waals surface area contributed by atoms with E-state index in [1.54, 1.807) is 4.90 Å². The van der Waals surface area contributed by atoms with Crippen LogP contribution in [0.1, 0.15) is 86.6 Å². The Morgan fingerprint density at radius 3 is 2.62 bits per heavy atom. The molecule has 1 aromatic rings. The Morgan fingerprint density at radius 2 is 1.81 bits per heavy atom. The minimum atomic E-state index is -0.548. The van der Waals surface area contributed by atoms with E-state index >= 15 is 0 Å². The van der Waals surface area contributed by atoms with Gasteiger partial charge in [-0.25, -0.2) is 0 Å². The van der Waals surface area contributed by atoms with Crippen molar-refractivity contribution >= 4 is 29.5 Å². The van der Waals surface area contributed by atoms with Crippen molar-refractivity contribution in [2.24, 2.45) is 0 Å². The van der Waals surface area contributed by atoms with Crippen molar-refractivity contribution in [3.05, 3.63) is 29.3 Å². The second-order valence-electron chi connectivity index (χ2n) is 9.23. The second-order valence-corrected chi connectivity index (χ2v) is 10.4. The highest BCUT2D eigenvalue weighted by molar-refractivity contribution is 7.99. The number of benzene rings is 1. The highest BCUT2D eigenvalue weighted by Gasteiger charge is 2.39. The summed E-state index contributed by atoms with van der Waals surface area (Å²) in [4.78, 5) is 39.4. The van der Waals surface area contributed by atoms with Crippen LogP contribution in [0.25, 0.3) is 0 Å². The molecule has 1 atom stereocenters. The molecule has 2 fully saturated rings. The lowest BCUT2D eigenvalue weighted by molar-refractivity contribution is -0.136. The molecule has 2 aliphatic heterocycles. The number of carbonyl (C=O) groups excluding carboxylic acids is 3. The van der Waals surface area contributed by atoms with Crippen LogP contribution in [0.15, 0.2) is 23.1 Å². The molecule has 1 saturated carbocycles. The average Bonchev–Trinajstić information content (AvgIpc) is 3.13. The van der Waals surface area contributed by atoms with Gasteiger partial charge in [0.15, 0.2) is 0 Å². The summed E-state index contributed by atoms with van der Waals surface area (Å²) in [5, 5.41) is 6.09. The summed E-state index contributed by atoms with van der Waals surface area (Å²) in [5.74, 6) is 0.340. The SMILES string of the molecule is O=C1CCC(N2Cc3c(SCCCCCCNC4CCCCC4)cccc3C2=O)C(=O)N1. The van der Waals surface area contributed by atoms with Crippen LogP contribution in [0.2, 0.25) is 0 Å². The quantitative estimate of drug-likeness (QED) is 0.315. The maximum absolute atomic E-state index is 12.9. The van der Waals surface area contributed by atoms with E-state index < -0.39 is 6.04 Å². The number of amides is 3. The number of hydrogen-bond acceptors (Lipinski definition) is 5. The summed E-state index contributed by atoms with van der Waals surface area (Å²) >= 11 is 1.82. The third-order valence-corrected chi connectivity index (χ3v) is 8.09. The zero-order valence-electron chi connectivity index (χ0n) is 18.9. The first-order valence-electron chi connectivity index (χ1n) is 12.3. The van der Waals surface area contributed by atoms with Crippen LogP contribution in [0.3, 0.4) is 0 Å². The maximum atomic E-state index is 12.9. The molecule has 0 spiro atoms. The van der Waals surface area contributed by atoms with Crippen LogP contribution in [0, 0.1) is 0 Å². The van der Waals surface area contributed by atoms with Crippen molar-refractivity contribution in [1.29, 1.82) is 0 Å². The van der Waals surface area contributed by atoms with Crippen molar-refractivity contribution in [3.63, 3.8) is 0 Å². The van der Waals surface area contributed by atoms with Gasteiger partial charge in [0.25, 0.3) is 5.91 Å². The largest absolute Gasteiger partial charge is 0.322 e. The fourth-order valence-corrected chi connectivity index (χ4v) is 6.16. The summed E-state index contributed by atoms with van der Waals surface area (Å²) in [5.41, 5.74) is 1.73. The third kappa shape index (κ3) is 5.73. The lowest BCUT2D eigenvalue weighted by Crippen LogP contribution is -2.52. The molecule has 4 rings (SSSR count). The van der Waals surface area contributed by atoms with Crippen LogP contribution in [0.5, 0.6) is 0 Å². The van der Waals surface area contributed by atoms with Gasteiger partial charge >= 0.3 is 0 Å². The molecular formula is C25H35N3O3S. The third-order valence-electron chi connectivity index (χ3n) is 6.91. The summed E-state index contributed by atoms with van der Waals surface area (Å²) in [7, 11) is 0. The molecule has 0 aromatic heterocycles. The standard InChI is InChI=1S/C25H35N3O3S/c29-23-14-13-21(24(30)27-23)28-17-20-19(25(28)31)11-8-12-22(20)32-16-7-2-1-6-15-26-18-9-4-3-5-10-18/h8,11-12,18,21,26H,1-7,9-10,13-17H2,(H,27,29,30). The van der Waals surface area contributed by atoms with Gasteiger partial charge in [0, 0.05) is 29.5 Å². The van der Waals surface area contributed by atoms with Gasteiger partial charge in [-0.3, -0.25) is 19.7 Å². The number of piperidine rings is 1. The van der Waals surface area contributed by atoms with Gasteiger partial charge in [-0.05, 0) is 62.1 Å². The normalized spacial score (nSPS) is 21.7. The van der Waals surface area contributed by atoms with Crippen molar-refractivity contribution < 1.29 is 14.4 Å². The van der Waals surface area contributed by atoms with Crippen molar-refractivity contribution in [2.45, 2.75) is 94.2 Å². The van der Waals surface area contributed by atoms with E-state index in [9.17, 15) is 14.4 Å². The molecule has 2 N–H and O–H groups in total. The van der Waals surface area contributed by atoms with Gasteiger partial charge in [-0.1, -0.05) is 38.2 Å². The van der Waals surface area contributed by atoms with E-state index in [0.29, 0.717) is 18.5 Å². The minimum Gasteiger partial charge on any atom is -0.322 e. The zero-order chi connectivity index (χ0) is 22.3. The topological polar surface area (TPSA) is 78.5 Å². The lowest BCUT2D eigenvalue weighted by atomic mass is 9.95. The van der Waals surface area contributed by atoms with Gasteiger partial charge in [0.05, 0.1) is 0 Å². The van der Waals surface area contributed by atoms with Gasteiger partial charge in [0.2, 0.25) is 11.8 Å². The van der Waals surface area contributed by atoms with E-state index in [-0.39, 0.29) is 24.1 Å². The minimum absolute atomic E-state index is 0.0950. The van der Waals surface area contributed by atoms with E-state index in [4.69, 9.17) is 0 Å². The van der Waals surface area contributed by atoms with Crippen molar-refractivity contribution in [1.82, 2.24) is 15.5 Å². The van der Waals surface area contributed by atoms with Gasteiger partial charge < -0.3 is 10.2 Å². The van der Waals surface area contributed by atoms with Gasteiger partial charge in [-0.15, -0.1) is 11.8 Å². The highest BCUT2D eigenvalue weighted by atomic mass is 32.2. The molecule has 1 aliphatic carbocycles. The molecule has 174 valence electrons. The number of rotatable bonds is 10. The van der Waals surface area contributed by atoms with Gasteiger partial charge in [-0.2, -0.15) is 0 Å². The number of thioether (sulfide) groups is 1. The number of carbonyl (C=O) groups is 3. The first-order valence-corrected chi connectivity index (χ1v) is 13.2. The van der Waals surface area contributed by atoms with Crippen LogP contribution in [-0.2, 0) is 16.1 Å². The Morgan fingerprint density at radius 1 is 1.00 bits per heavy atom. The first kappa shape index (κ1) is 23.3. The van der Waals surface area contributed by atoms with Crippen LogP contribution in [0.4, 0.5) is 0 Å². The monoisotopic (exact) mass is 457 g/mol. The molecule has 32 heavy (non-hydrogen) atoms. The number of nitrogens with zero attached hydrogens (tertiary/aromatic N) is 1. The molecule has 1 aromatic carbocycles. The molecule has 1 saturated heterocycles. The molecule has 6 nitrogen and oxygen atoms in total. The number of nitrogens with one attached hydrogen (secondary N) is 2. The van der Waals surface area contributed by atoms with Crippen molar-refractivity contribution in [3.8, 4) is 0 Å². The summed E-state index contributed by atoms with van der Waals surface area (Å²) in [6, 6.07) is 6.07. The molecule has 3 amide bonds. The average molecular weight is 458 g/mol. The number of imide groups is 1. The lowest BCUT2D eigenvalue weighted by Gasteiger charge is -2.29. The summed E-state index contributed by atoms with van der Waals surface area (Å²) in [6.07, 6.45) is 12.5. The molecule has 3 aliphatic rings. The van der Waals surface area contributed by atoms with E-state index in [0.717, 1.165) is 28.8 Å². The predicted molar refractivity (Wildman–Crippen MR) is 127 cm³/mol. The Balaban J connectivity index is 1.19. The molecule has 0 radical (unpaired) electrons. The fourth-order valence-electron chi connectivity index (χ4n) is 5.07. The molecule has 0 bridgehead atoms. The Bertz CT molecular complexity index is 838. The number of fused-ring (bicyclic) bond motifs is 1. The molecule has 1 unspecified atom stereocenters. The highest BCUT2D eigenvalue weighted by Crippen LogP contribution is 2.34. The molecule has 2 heterocycles. The predicted octanol–water partition coefficient (Wildman–Crippen LogP) is 4.02. The first-order chi connectivity index (χ1) is 15.6. The molecular weight excluding hydrogens is 422 g/mol. The smallest absolute Gasteiger partial charge is 0.255 e. The summed E-state index contributed by atoms with van der Waals surface area (Å²) in [6.45, 7) is 1.60.